The highest BCUT2D eigenvalue weighted by atomic mass is 35.5. The average molecular weight is 277 g/mol. The van der Waals surface area contributed by atoms with Crippen LogP contribution in [0.25, 0.3) is 11.1 Å². The van der Waals surface area contributed by atoms with Crippen LogP contribution < -0.4 is 4.74 Å². The van der Waals surface area contributed by atoms with Crippen molar-refractivity contribution in [3.05, 3.63) is 52.5 Å². The summed E-state index contributed by atoms with van der Waals surface area (Å²) in [6.07, 6.45) is 0. The zero-order valence-electron chi connectivity index (χ0n) is 10.6. The van der Waals surface area contributed by atoms with Gasteiger partial charge in [-0.3, -0.25) is 0 Å². The summed E-state index contributed by atoms with van der Waals surface area (Å²) in [4.78, 5) is 11.0. The Morgan fingerprint density at radius 3 is 2.58 bits per heavy atom. The van der Waals surface area contributed by atoms with E-state index in [2.05, 4.69) is 0 Å². The molecule has 0 saturated carbocycles. The van der Waals surface area contributed by atoms with Crippen molar-refractivity contribution in [2.75, 3.05) is 7.11 Å². The van der Waals surface area contributed by atoms with Crippen LogP contribution in [0, 0.1) is 6.92 Å². The van der Waals surface area contributed by atoms with Gasteiger partial charge in [0.15, 0.2) is 0 Å². The number of carboxylic acid groups (broad SMARTS) is 1. The van der Waals surface area contributed by atoms with Gasteiger partial charge in [-0.15, -0.1) is 0 Å². The number of methoxy groups -OCH3 is 1. The summed E-state index contributed by atoms with van der Waals surface area (Å²) in [5.74, 6) is -0.374. The van der Waals surface area contributed by atoms with E-state index < -0.39 is 5.97 Å². The largest absolute Gasteiger partial charge is 0.495 e. The van der Waals surface area contributed by atoms with Gasteiger partial charge in [0.05, 0.1) is 17.7 Å². The minimum absolute atomic E-state index is 0.259. The van der Waals surface area contributed by atoms with Gasteiger partial charge in [0.1, 0.15) is 5.75 Å². The van der Waals surface area contributed by atoms with Crippen LogP contribution in [0.5, 0.6) is 5.75 Å². The summed E-state index contributed by atoms with van der Waals surface area (Å²) in [5, 5.41) is 9.57. The van der Waals surface area contributed by atoms with Gasteiger partial charge in [-0.25, -0.2) is 4.79 Å². The number of hydrogen-bond donors (Lipinski definition) is 1. The standard InChI is InChI=1S/C15H13ClO3/c1-9-3-4-11(15(17)18)7-12(9)10-5-6-13(16)14(8-10)19-2/h3-8H,1-2H3,(H,17,18). The zero-order valence-corrected chi connectivity index (χ0v) is 11.4. The van der Waals surface area contributed by atoms with Crippen molar-refractivity contribution < 1.29 is 14.6 Å². The van der Waals surface area contributed by atoms with Crippen molar-refractivity contribution in [2.45, 2.75) is 6.92 Å². The van der Waals surface area contributed by atoms with E-state index in [0.29, 0.717) is 10.8 Å². The predicted molar refractivity (Wildman–Crippen MR) is 75.1 cm³/mol. The van der Waals surface area contributed by atoms with Gasteiger partial charge >= 0.3 is 5.97 Å². The van der Waals surface area contributed by atoms with E-state index in [4.69, 9.17) is 21.4 Å². The molecule has 0 spiro atoms. The molecule has 0 aromatic heterocycles. The Balaban J connectivity index is 2.57. The molecule has 0 radical (unpaired) electrons. The van der Waals surface area contributed by atoms with E-state index in [-0.39, 0.29) is 5.56 Å². The second-order valence-corrected chi connectivity index (χ2v) is 4.59. The summed E-state index contributed by atoms with van der Waals surface area (Å²) in [5.41, 5.74) is 2.99. The molecule has 0 unspecified atom stereocenters. The van der Waals surface area contributed by atoms with Crippen molar-refractivity contribution in [3.63, 3.8) is 0 Å². The lowest BCUT2D eigenvalue weighted by atomic mass is 9.98. The highest BCUT2D eigenvalue weighted by Gasteiger charge is 2.10. The molecule has 0 atom stereocenters. The number of halogens is 1. The molecule has 19 heavy (non-hydrogen) atoms. The number of carboxylic acids is 1. The highest BCUT2D eigenvalue weighted by Crippen LogP contribution is 2.32. The first-order valence-corrected chi connectivity index (χ1v) is 6.08. The van der Waals surface area contributed by atoms with Crippen LogP contribution in [0.2, 0.25) is 5.02 Å². The first-order valence-electron chi connectivity index (χ1n) is 5.71. The fraction of sp³-hybridized carbons (Fsp3) is 0.133. The summed E-state index contributed by atoms with van der Waals surface area (Å²) < 4.78 is 5.18. The molecular formula is C15H13ClO3. The number of aryl methyl sites for hydroxylation is 1. The minimum atomic E-state index is -0.942. The lowest BCUT2D eigenvalue weighted by Gasteiger charge is -2.10. The zero-order chi connectivity index (χ0) is 14.0. The van der Waals surface area contributed by atoms with Gasteiger partial charge in [-0.1, -0.05) is 23.7 Å². The predicted octanol–water partition coefficient (Wildman–Crippen LogP) is 4.02. The fourth-order valence-electron chi connectivity index (χ4n) is 1.89. The maximum Gasteiger partial charge on any atom is 0.335 e. The second kappa shape index (κ2) is 5.33. The van der Waals surface area contributed by atoms with E-state index in [1.165, 1.54) is 0 Å². The molecule has 0 aliphatic rings. The van der Waals surface area contributed by atoms with E-state index in [1.54, 1.807) is 37.4 Å². The van der Waals surface area contributed by atoms with Crippen molar-refractivity contribution in [1.82, 2.24) is 0 Å². The lowest BCUT2D eigenvalue weighted by Crippen LogP contribution is -1.97. The van der Waals surface area contributed by atoms with Crippen LogP contribution in [0.1, 0.15) is 15.9 Å². The molecule has 2 aromatic rings. The maximum absolute atomic E-state index is 11.0. The molecule has 2 rings (SSSR count). The Hall–Kier alpha value is -2.00. The van der Waals surface area contributed by atoms with Gasteiger partial charge in [-0.05, 0) is 47.9 Å². The summed E-state index contributed by atoms with van der Waals surface area (Å²) in [7, 11) is 1.55. The number of aromatic carboxylic acids is 1. The van der Waals surface area contributed by atoms with Gasteiger partial charge < -0.3 is 9.84 Å². The topological polar surface area (TPSA) is 46.5 Å². The van der Waals surface area contributed by atoms with Crippen molar-refractivity contribution >= 4 is 17.6 Å². The number of carbonyl (C=O) groups is 1. The Labute approximate surface area is 116 Å². The van der Waals surface area contributed by atoms with Gasteiger partial charge in [0.2, 0.25) is 0 Å². The Morgan fingerprint density at radius 1 is 1.21 bits per heavy atom. The van der Waals surface area contributed by atoms with Crippen molar-refractivity contribution in [2.24, 2.45) is 0 Å². The third-order valence-electron chi connectivity index (χ3n) is 2.95. The van der Waals surface area contributed by atoms with Crippen LogP contribution in [0.15, 0.2) is 36.4 Å². The Morgan fingerprint density at radius 2 is 1.95 bits per heavy atom. The molecule has 1 N–H and O–H groups in total. The lowest BCUT2D eigenvalue weighted by molar-refractivity contribution is 0.0697. The molecule has 0 heterocycles. The molecule has 0 aliphatic carbocycles. The quantitative estimate of drug-likeness (QED) is 0.921. The highest BCUT2D eigenvalue weighted by molar-refractivity contribution is 6.32. The summed E-state index contributed by atoms with van der Waals surface area (Å²) in [6, 6.07) is 10.4. The molecule has 0 saturated heterocycles. The molecule has 0 amide bonds. The SMILES string of the molecule is COc1cc(-c2cc(C(=O)O)ccc2C)ccc1Cl. The van der Waals surface area contributed by atoms with Gasteiger partial charge in [-0.2, -0.15) is 0 Å². The molecule has 2 aromatic carbocycles. The van der Waals surface area contributed by atoms with Crippen LogP contribution in [0.3, 0.4) is 0 Å². The first-order chi connectivity index (χ1) is 9.02. The van der Waals surface area contributed by atoms with Crippen LogP contribution in [-0.4, -0.2) is 18.2 Å². The Kier molecular flexibility index (Phi) is 3.76. The molecule has 3 nitrogen and oxygen atoms in total. The fourth-order valence-corrected chi connectivity index (χ4v) is 2.09. The second-order valence-electron chi connectivity index (χ2n) is 4.18. The Bertz CT molecular complexity index is 635. The normalized spacial score (nSPS) is 10.3. The van der Waals surface area contributed by atoms with Gasteiger partial charge in [0.25, 0.3) is 0 Å². The van der Waals surface area contributed by atoms with Crippen LogP contribution in [0.4, 0.5) is 0 Å². The smallest absolute Gasteiger partial charge is 0.335 e. The number of benzene rings is 2. The molecule has 98 valence electrons. The van der Waals surface area contributed by atoms with E-state index in [0.717, 1.165) is 16.7 Å². The van der Waals surface area contributed by atoms with E-state index in [1.807, 2.05) is 13.0 Å². The molecule has 4 heteroatoms. The number of ether oxygens (including phenoxy) is 1. The van der Waals surface area contributed by atoms with E-state index >= 15 is 0 Å². The van der Waals surface area contributed by atoms with Gasteiger partial charge in [0, 0.05) is 0 Å². The molecule has 0 bridgehead atoms. The third kappa shape index (κ3) is 2.71. The molecule has 0 fully saturated rings. The molecular weight excluding hydrogens is 264 g/mol. The maximum atomic E-state index is 11.0. The third-order valence-corrected chi connectivity index (χ3v) is 3.26. The van der Waals surface area contributed by atoms with Crippen LogP contribution in [-0.2, 0) is 0 Å². The molecule has 0 aliphatic heterocycles. The van der Waals surface area contributed by atoms with E-state index in [9.17, 15) is 4.79 Å². The average Bonchev–Trinajstić information content (AvgIpc) is 2.40. The summed E-state index contributed by atoms with van der Waals surface area (Å²) in [6.45, 7) is 1.93. The number of rotatable bonds is 3. The van der Waals surface area contributed by atoms with Crippen molar-refractivity contribution in [1.29, 1.82) is 0 Å². The number of hydrogen-bond acceptors (Lipinski definition) is 2. The summed E-state index contributed by atoms with van der Waals surface area (Å²) >= 11 is 5.99. The van der Waals surface area contributed by atoms with Crippen molar-refractivity contribution in [3.8, 4) is 16.9 Å². The monoisotopic (exact) mass is 276 g/mol. The minimum Gasteiger partial charge on any atom is -0.495 e. The first kappa shape index (κ1) is 13.4. The van der Waals surface area contributed by atoms with Crippen LogP contribution >= 0.6 is 11.6 Å².